The van der Waals surface area contributed by atoms with Crippen LogP contribution in [-0.2, 0) is 9.47 Å². The predicted octanol–water partition coefficient (Wildman–Crippen LogP) is 0.519. The van der Waals surface area contributed by atoms with E-state index >= 15 is 0 Å². The molecule has 3 nitrogen and oxygen atoms in total. The number of hydrogen-bond donors (Lipinski definition) is 1. The number of rotatable bonds is 1. The van der Waals surface area contributed by atoms with E-state index in [1.807, 2.05) is 6.92 Å². The van der Waals surface area contributed by atoms with E-state index in [1.165, 1.54) is 0 Å². The van der Waals surface area contributed by atoms with Gasteiger partial charge in [-0.05, 0) is 13.3 Å². The van der Waals surface area contributed by atoms with Gasteiger partial charge in [-0.3, -0.25) is 0 Å². The molecule has 1 aliphatic heterocycles. The molecule has 0 bridgehead atoms. The smallest absolute Gasteiger partial charge is 0.160 e. The molecule has 1 saturated heterocycles. The van der Waals surface area contributed by atoms with Crippen LogP contribution in [0.1, 0.15) is 19.8 Å². The Morgan fingerprint density at radius 2 is 2.20 bits per heavy atom. The van der Waals surface area contributed by atoms with Crippen LogP contribution in [0.15, 0.2) is 0 Å². The first-order valence-corrected chi connectivity index (χ1v) is 3.58. The van der Waals surface area contributed by atoms with Crippen molar-refractivity contribution in [2.45, 2.75) is 38.3 Å². The Bertz CT molecular complexity index is 95.0. The fraction of sp³-hybridized carbons (Fsp3) is 1.00. The normalized spacial score (nSPS) is 41.7. The molecule has 3 atom stereocenters. The van der Waals surface area contributed by atoms with Gasteiger partial charge in [0.25, 0.3) is 0 Å². The lowest BCUT2D eigenvalue weighted by atomic mass is 10.1. The largest absolute Gasteiger partial charge is 0.393 e. The van der Waals surface area contributed by atoms with Crippen LogP contribution in [0.4, 0.5) is 0 Å². The van der Waals surface area contributed by atoms with Gasteiger partial charge in [-0.25, -0.2) is 0 Å². The zero-order valence-corrected chi connectivity index (χ0v) is 6.41. The number of ether oxygens (including phenoxy) is 2. The second-order valence-electron chi connectivity index (χ2n) is 2.74. The average molecular weight is 146 g/mol. The Balaban J connectivity index is 2.35. The third kappa shape index (κ3) is 1.94. The summed E-state index contributed by atoms with van der Waals surface area (Å²) in [6.07, 6.45) is 0.974. The molecule has 10 heavy (non-hydrogen) atoms. The highest BCUT2D eigenvalue weighted by Gasteiger charge is 2.24. The van der Waals surface area contributed by atoms with Crippen LogP contribution in [0.3, 0.4) is 0 Å². The summed E-state index contributed by atoms with van der Waals surface area (Å²) in [6.45, 7) is 1.94. The van der Waals surface area contributed by atoms with Gasteiger partial charge in [0.15, 0.2) is 6.29 Å². The lowest BCUT2D eigenvalue weighted by Gasteiger charge is -2.29. The minimum absolute atomic E-state index is 0.119. The highest BCUT2D eigenvalue weighted by atomic mass is 16.7. The van der Waals surface area contributed by atoms with E-state index < -0.39 is 0 Å². The molecule has 0 unspecified atom stereocenters. The molecule has 0 saturated carbocycles. The quantitative estimate of drug-likeness (QED) is 0.586. The Hall–Kier alpha value is -0.120. The van der Waals surface area contributed by atoms with Gasteiger partial charge in [-0.1, -0.05) is 0 Å². The van der Waals surface area contributed by atoms with Gasteiger partial charge in [0.1, 0.15) is 0 Å². The molecule has 0 aromatic heterocycles. The van der Waals surface area contributed by atoms with Gasteiger partial charge in [0.05, 0.1) is 12.2 Å². The molecule has 0 aromatic carbocycles. The summed E-state index contributed by atoms with van der Waals surface area (Å²) in [5.74, 6) is 0. The summed E-state index contributed by atoms with van der Waals surface area (Å²) in [5, 5.41) is 9.22. The van der Waals surface area contributed by atoms with E-state index in [-0.39, 0.29) is 18.5 Å². The Morgan fingerprint density at radius 3 is 2.70 bits per heavy atom. The van der Waals surface area contributed by atoms with E-state index in [2.05, 4.69) is 0 Å². The van der Waals surface area contributed by atoms with Gasteiger partial charge >= 0.3 is 0 Å². The van der Waals surface area contributed by atoms with Crippen molar-refractivity contribution in [3.05, 3.63) is 0 Å². The predicted molar refractivity (Wildman–Crippen MR) is 36.6 cm³/mol. The summed E-state index contributed by atoms with van der Waals surface area (Å²) in [7, 11) is 1.59. The zero-order valence-electron chi connectivity index (χ0n) is 6.41. The number of hydrogen-bond acceptors (Lipinski definition) is 3. The van der Waals surface area contributed by atoms with Crippen molar-refractivity contribution in [2.75, 3.05) is 7.11 Å². The van der Waals surface area contributed by atoms with Crippen molar-refractivity contribution in [3.8, 4) is 0 Å². The summed E-state index contributed by atoms with van der Waals surface area (Å²) >= 11 is 0. The van der Waals surface area contributed by atoms with Gasteiger partial charge in [0, 0.05) is 13.5 Å². The molecule has 3 heteroatoms. The lowest BCUT2D eigenvalue weighted by Crippen LogP contribution is -2.34. The van der Waals surface area contributed by atoms with Gasteiger partial charge < -0.3 is 14.6 Å². The summed E-state index contributed by atoms with van der Waals surface area (Å²) < 4.78 is 10.3. The average Bonchev–Trinajstić information content (AvgIpc) is 1.85. The molecule has 60 valence electrons. The first-order valence-electron chi connectivity index (χ1n) is 3.58. The summed E-state index contributed by atoms with van der Waals surface area (Å²) in [4.78, 5) is 0. The lowest BCUT2D eigenvalue weighted by molar-refractivity contribution is -0.198. The molecule has 1 heterocycles. The van der Waals surface area contributed by atoms with E-state index in [1.54, 1.807) is 7.11 Å². The fourth-order valence-corrected chi connectivity index (χ4v) is 1.22. The van der Waals surface area contributed by atoms with Crippen LogP contribution in [0.5, 0.6) is 0 Å². The third-order valence-corrected chi connectivity index (χ3v) is 1.72. The molecule has 1 rings (SSSR count). The third-order valence-electron chi connectivity index (χ3n) is 1.72. The SMILES string of the molecule is CO[C@@H]1C[C@H](O)C[C@H](C)O1. The fourth-order valence-electron chi connectivity index (χ4n) is 1.22. The first kappa shape index (κ1) is 7.98. The molecular weight excluding hydrogens is 132 g/mol. The first-order chi connectivity index (χ1) is 4.72. The maximum absolute atomic E-state index is 9.22. The van der Waals surface area contributed by atoms with Crippen LogP contribution in [0.25, 0.3) is 0 Å². The zero-order chi connectivity index (χ0) is 7.56. The highest BCUT2D eigenvalue weighted by Crippen LogP contribution is 2.19. The second-order valence-corrected chi connectivity index (χ2v) is 2.74. The van der Waals surface area contributed by atoms with Crippen molar-refractivity contribution in [2.24, 2.45) is 0 Å². The molecular formula is C7H14O3. The molecule has 1 aliphatic rings. The maximum Gasteiger partial charge on any atom is 0.160 e. The Labute approximate surface area is 60.9 Å². The number of aliphatic hydroxyl groups is 1. The van der Waals surface area contributed by atoms with Crippen molar-refractivity contribution in [3.63, 3.8) is 0 Å². The molecule has 0 radical (unpaired) electrons. The summed E-state index contributed by atoms with van der Waals surface area (Å²) in [6, 6.07) is 0. The van der Waals surface area contributed by atoms with E-state index in [0.29, 0.717) is 6.42 Å². The van der Waals surface area contributed by atoms with E-state index in [9.17, 15) is 5.11 Å². The van der Waals surface area contributed by atoms with Crippen molar-refractivity contribution >= 4 is 0 Å². The van der Waals surface area contributed by atoms with Crippen molar-refractivity contribution in [1.82, 2.24) is 0 Å². The second kappa shape index (κ2) is 3.32. The van der Waals surface area contributed by atoms with E-state index in [0.717, 1.165) is 6.42 Å². The number of methoxy groups -OCH3 is 1. The molecule has 1 fully saturated rings. The number of aliphatic hydroxyl groups excluding tert-OH is 1. The van der Waals surface area contributed by atoms with E-state index in [4.69, 9.17) is 9.47 Å². The molecule has 0 amide bonds. The van der Waals surface area contributed by atoms with Crippen LogP contribution in [0, 0.1) is 0 Å². The van der Waals surface area contributed by atoms with Gasteiger partial charge in [-0.2, -0.15) is 0 Å². The van der Waals surface area contributed by atoms with Crippen LogP contribution in [0.2, 0.25) is 0 Å². The topological polar surface area (TPSA) is 38.7 Å². The standard InChI is InChI=1S/C7H14O3/c1-5-3-6(8)4-7(9-2)10-5/h5-8H,3-4H2,1-2H3/t5-,6+,7-/m0/s1. The summed E-state index contributed by atoms with van der Waals surface area (Å²) in [5.41, 5.74) is 0. The van der Waals surface area contributed by atoms with Gasteiger partial charge in [0.2, 0.25) is 0 Å². The van der Waals surface area contributed by atoms with Crippen molar-refractivity contribution < 1.29 is 14.6 Å². The highest BCUT2D eigenvalue weighted by molar-refractivity contribution is 4.69. The molecule has 1 N–H and O–H groups in total. The maximum atomic E-state index is 9.22. The van der Waals surface area contributed by atoms with Crippen LogP contribution < -0.4 is 0 Å². The monoisotopic (exact) mass is 146 g/mol. The Morgan fingerprint density at radius 1 is 1.50 bits per heavy atom. The molecule has 0 spiro atoms. The Kier molecular flexibility index (Phi) is 2.65. The molecule has 0 aliphatic carbocycles. The van der Waals surface area contributed by atoms with Crippen LogP contribution >= 0.6 is 0 Å². The minimum Gasteiger partial charge on any atom is -0.393 e. The van der Waals surface area contributed by atoms with Crippen LogP contribution in [-0.4, -0.2) is 30.7 Å². The van der Waals surface area contributed by atoms with Crippen molar-refractivity contribution in [1.29, 1.82) is 0 Å². The minimum atomic E-state index is -0.256. The van der Waals surface area contributed by atoms with Gasteiger partial charge in [-0.15, -0.1) is 0 Å². The molecule has 0 aromatic rings.